The Hall–Kier alpha value is -3.40. The van der Waals surface area contributed by atoms with Gasteiger partial charge in [0.2, 0.25) is 0 Å². The quantitative estimate of drug-likeness (QED) is 0.538. The minimum atomic E-state index is -2.67. The Kier molecular flexibility index (Phi) is 6.60. The molecule has 2 aromatic carbocycles. The second kappa shape index (κ2) is 9.46. The van der Waals surface area contributed by atoms with E-state index in [1.807, 2.05) is 0 Å². The zero-order chi connectivity index (χ0) is 24.5. The first-order chi connectivity index (χ1) is 16.2. The molecule has 0 radical (unpaired) electrons. The van der Waals surface area contributed by atoms with Gasteiger partial charge in [0, 0.05) is 13.0 Å². The van der Waals surface area contributed by atoms with E-state index in [0.717, 1.165) is 0 Å². The monoisotopic (exact) mass is 474 g/mol. The van der Waals surface area contributed by atoms with Crippen molar-refractivity contribution in [2.75, 3.05) is 19.6 Å². The maximum Gasteiger partial charge on any atom is 0.405 e. The summed E-state index contributed by atoms with van der Waals surface area (Å²) in [6.45, 7) is 2.00. The Labute approximate surface area is 193 Å². The zero-order valence-corrected chi connectivity index (χ0v) is 18.6. The molecule has 3 aromatic rings. The summed E-state index contributed by atoms with van der Waals surface area (Å²) in [4.78, 5) is 31.0. The number of nitrogens with one attached hydrogen (secondary N) is 1. The highest BCUT2D eigenvalue weighted by atomic mass is 19.3. The van der Waals surface area contributed by atoms with Gasteiger partial charge in [-0.05, 0) is 50.1 Å². The molecule has 1 saturated heterocycles. The standard InChI is InChI=1S/C24H25F3N4O3/c1-15(28-23(33)34)21-29-20-18(25)10-9-16(6-5-12-30-13-11-24(26,27)14-30)19(20)22(32)31(21)17-7-3-2-4-8-17/h2-4,7-10,15,28H,5-6,11-14H2,1H3,(H,33,34). The molecule has 0 aliphatic carbocycles. The summed E-state index contributed by atoms with van der Waals surface area (Å²) in [6.07, 6.45) is -0.570. The number of likely N-dealkylation sites (tertiary alicyclic amines) is 1. The average molecular weight is 474 g/mol. The van der Waals surface area contributed by atoms with Crippen molar-refractivity contribution in [3.63, 3.8) is 0 Å². The van der Waals surface area contributed by atoms with Gasteiger partial charge in [-0.3, -0.25) is 14.3 Å². The maximum atomic E-state index is 14.8. The second-order valence-corrected chi connectivity index (χ2v) is 8.53. The van der Waals surface area contributed by atoms with Crippen LogP contribution >= 0.6 is 0 Å². The molecule has 2 heterocycles. The van der Waals surface area contributed by atoms with E-state index >= 15 is 0 Å². The molecule has 180 valence electrons. The van der Waals surface area contributed by atoms with Crippen LogP contribution in [0.1, 0.15) is 37.2 Å². The molecule has 1 aliphatic rings. The summed E-state index contributed by atoms with van der Waals surface area (Å²) in [5, 5.41) is 11.5. The summed E-state index contributed by atoms with van der Waals surface area (Å²) in [5.74, 6) is -3.31. The fourth-order valence-electron chi connectivity index (χ4n) is 4.40. The van der Waals surface area contributed by atoms with E-state index in [1.54, 1.807) is 35.2 Å². The number of aryl methyl sites for hydroxylation is 1. The number of para-hydroxylation sites is 1. The number of halogens is 3. The normalized spacial score (nSPS) is 16.6. The number of nitrogens with zero attached hydrogens (tertiary/aromatic N) is 3. The maximum absolute atomic E-state index is 14.8. The van der Waals surface area contributed by atoms with Gasteiger partial charge in [0.25, 0.3) is 11.5 Å². The predicted octanol–water partition coefficient (Wildman–Crippen LogP) is 4.13. The number of carboxylic acid groups (broad SMARTS) is 1. The number of fused-ring (bicyclic) bond motifs is 1. The molecule has 34 heavy (non-hydrogen) atoms. The van der Waals surface area contributed by atoms with Crippen molar-refractivity contribution in [2.24, 2.45) is 0 Å². The summed E-state index contributed by atoms with van der Waals surface area (Å²) >= 11 is 0. The minimum Gasteiger partial charge on any atom is -0.465 e. The van der Waals surface area contributed by atoms with Crippen LogP contribution in [0, 0.1) is 5.82 Å². The largest absolute Gasteiger partial charge is 0.465 e. The third-order valence-electron chi connectivity index (χ3n) is 6.00. The Bertz CT molecular complexity index is 1260. The van der Waals surface area contributed by atoms with Crippen molar-refractivity contribution in [1.29, 1.82) is 0 Å². The first-order valence-electron chi connectivity index (χ1n) is 11.1. The molecule has 4 rings (SSSR count). The number of hydrogen-bond donors (Lipinski definition) is 2. The second-order valence-electron chi connectivity index (χ2n) is 8.53. The van der Waals surface area contributed by atoms with E-state index in [-0.39, 0.29) is 29.7 Å². The molecule has 2 N–H and O–H groups in total. The Morgan fingerprint density at radius 3 is 2.62 bits per heavy atom. The lowest BCUT2D eigenvalue weighted by molar-refractivity contribution is 0.0122. The van der Waals surface area contributed by atoms with Crippen LogP contribution < -0.4 is 10.9 Å². The van der Waals surface area contributed by atoms with Gasteiger partial charge >= 0.3 is 6.09 Å². The van der Waals surface area contributed by atoms with Crippen LogP contribution in [-0.4, -0.2) is 51.2 Å². The number of alkyl halides is 2. The van der Waals surface area contributed by atoms with Crippen LogP contribution in [0.2, 0.25) is 0 Å². The smallest absolute Gasteiger partial charge is 0.405 e. The third kappa shape index (κ3) is 4.91. The molecular formula is C24H25F3N4O3. The van der Waals surface area contributed by atoms with Crippen LogP contribution in [0.25, 0.3) is 16.6 Å². The molecule has 1 aliphatic heterocycles. The van der Waals surface area contributed by atoms with Crippen molar-refractivity contribution in [1.82, 2.24) is 19.8 Å². The number of aromatic nitrogens is 2. The van der Waals surface area contributed by atoms with Gasteiger partial charge in [-0.1, -0.05) is 24.3 Å². The fourth-order valence-corrected chi connectivity index (χ4v) is 4.40. The number of benzene rings is 2. The summed E-state index contributed by atoms with van der Waals surface area (Å²) in [6, 6.07) is 10.4. The average Bonchev–Trinajstić information content (AvgIpc) is 3.13. The molecule has 1 unspecified atom stereocenters. The Balaban J connectivity index is 1.76. The molecule has 1 fully saturated rings. The van der Waals surface area contributed by atoms with Crippen LogP contribution in [-0.2, 0) is 6.42 Å². The third-order valence-corrected chi connectivity index (χ3v) is 6.00. The van der Waals surface area contributed by atoms with Gasteiger partial charge in [0.1, 0.15) is 17.2 Å². The number of amides is 1. The number of carbonyl (C=O) groups is 1. The van der Waals surface area contributed by atoms with Crippen molar-refractivity contribution in [3.8, 4) is 5.69 Å². The van der Waals surface area contributed by atoms with Crippen molar-refractivity contribution < 1.29 is 23.1 Å². The molecular weight excluding hydrogens is 449 g/mol. The highest BCUT2D eigenvalue weighted by molar-refractivity contribution is 5.82. The number of rotatable bonds is 7. The molecule has 1 atom stereocenters. The molecule has 0 bridgehead atoms. The van der Waals surface area contributed by atoms with Gasteiger partial charge in [-0.25, -0.2) is 22.9 Å². The molecule has 0 saturated carbocycles. The lowest BCUT2D eigenvalue weighted by Crippen LogP contribution is -2.33. The van der Waals surface area contributed by atoms with Crippen molar-refractivity contribution in [3.05, 3.63) is 70.0 Å². The van der Waals surface area contributed by atoms with Crippen molar-refractivity contribution >= 4 is 17.0 Å². The zero-order valence-electron chi connectivity index (χ0n) is 18.6. The van der Waals surface area contributed by atoms with Crippen molar-refractivity contribution in [2.45, 2.75) is 38.2 Å². The molecule has 1 aromatic heterocycles. The van der Waals surface area contributed by atoms with Crippen LogP contribution in [0.5, 0.6) is 0 Å². The van der Waals surface area contributed by atoms with Gasteiger partial charge in [-0.2, -0.15) is 0 Å². The van der Waals surface area contributed by atoms with E-state index in [9.17, 15) is 22.8 Å². The summed E-state index contributed by atoms with van der Waals surface area (Å²) in [5.41, 5.74) is 0.365. The molecule has 1 amide bonds. The van der Waals surface area contributed by atoms with Gasteiger partial charge < -0.3 is 10.4 Å². The first-order valence-corrected chi connectivity index (χ1v) is 11.1. The highest BCUT2D eigenvalue weighted by Crippen LogP contribution is 2.27. The summed E-state index contributed by atoms with van der Waals surface area (Å²) in [7, 11) is 0. The van der Waals surface area contributed by atoms with Gasteiger partial charge in [0.15, 0.2) is 0 Å². The van der Waals surface area contributed by atoms with E-state index < -0.39 is 29.4 Å². The van der Waals surface area contributed by atoms with E-state index in [4.69, 9.17) is 5.11 Å². The molecule has 7 nitrogen and oxygen atoms in total. The van der Waals surface area contributed by atoms with Crippen LogP contribution in [0.4, 0.5) is 18.0 Å². The highest BCUT2D eigenvalue weighted by Gasteiger charge is 2.37. The van der Waals surface area contributed by atoms with E-state index in [0.29, 0.717) is 37.2 Å². The molecule has 0 spiro atoms. The predicted molar refractivity (Wildman–Crippen MR) is 121 cm³/mol. The topological polar surface area (TPSA) is 87.5 Å². The summed E-state index contributed by atoms with van der Waals surface area (Å²) < 4.78 is 43.0. The SMILES string of the molecule is CC(NC(=O)O)c1nc2c(F)ccc(CCCN3CCC(F)(F)C3)c2c(=O)n1-c1ccccc1. The number of hydrogen-bond acceptors (Lipinski definition) is 4. The minimum absolute atomic E-state index is 0.0569. The lowest BCUT2D eigenvalue weighted by Gasteiger charge is -2.20. The van der Waals surface area contributed by atoms with Crippen LogP contribution in [0.15, 0.2) is 47.3 Å². The lowest BCUT2D eigenvalue weighted by atomic mass is 10.0. The first kappa shape index (κ1) is 23.7. The van der Waals surface area contributed by atoms with E-state index in [1.165, 1.54) is 23.6 Å². The van der Waals surface area contributed by atoms with Gasteiger partial charge in [-0.15, -0.1) is 0 Å². The van der Waals surface area contributed by atoms with Crippen LogP contribution in [0.3, 0.4) is 0 Å². The Morgan fingerprint density at radius 2 is 1.97 bits per heavy atom. The Morgan fingerprint density at radius 1 is 1.24 bits per heavy atom. The fraction of sp³-hybridized carbons (Fsp3) is 0.375. The molecule has 10 heteroatoms. The van der Waals surface area contributed by atoms with Gasteiger partial charge in [0.05, 0.1) is 23.7 Å². The van der Waals surface area contributed by atoms with E-state index in [2.05, 4.69) is 10.3 Å².